The van der Waals surface area contributed by atoms with Gasteiger partial charge in [-0.2, -0.15) is 5.26 Å². The van der Waals surface area contributed by atoms with Gasteiger partial charge >= 0.3 is 0 Å². The minimum atomic E-state index is -0.389. The van der Waals surface area contributed by atoms with Gasteiger partial charge in [-0.05, 0) is 49.9 Å². The number of nitrogens with zero attached hydrogens (tertiary/aromatic N) is 2. The Morgan fingerprint density at radius 3 is 3.00 bits per heavy atom. The van der Waals surface area contributed by atoms with Crippen LogP contribution in [0.2, 0.25) is 0 Å². The molecule has 1 aliphatic carbocycles. The quantitative estimate of drug-likeness (QED) is 0.835. The van der Waals surface area contributed by atoms with Crippen molar-refractivity contribution in [3.63, 3.8) is 0 Å². The van der Waals surface area contributed by atoms with Crippen LogP contribution in [0, 0.1) is 11.3 Å². The van der Waals surface area contributed by atoms with Crippen molar-refractivity contribution < 1.29 is 14.3 Å². The first-order chi connectivity index (χ1) is 12.6. The summed E-state index contributed by atoms with van der Waals surface area (Å²) in [6.07, 6.45) is 2.98. The molecule has 2 heterocycles. The van der Waals surface area contributed by atoms with E-state index in [1.807, 2.05) is 13.0 Å². The van der Waals surface area contributed by atoms with Crippen molar-refractivity contribution in [2.75, 3.05) is 12.1 Å². The van der Waals surface area contributed by atoms with E-state index in [9.17, 15) is 10.1 Å². The van der Waals surface area contributed by atoms with Crippen LogP contribution in [0.5, 0.6) is 11.5 Å². The zero-order valence-corrected chi connectivity index (χ0v) is 15.1. The van der Waals surface area contributed by atoms with Crippen LogP contribution in [-0.2, 0) is 17.6 Å². The maximum Gasteiger partial charge on any atom is 0.237 e. The highest BCUT2D eigenvalue weighted by Crippen LogP contribution is 2.35. The highest BCUT2D eigenvalue weighted by atomic mass is 32.2. The summed E-state index contributed by atoms with van der Waals surface area (Å²) in [5, 5.41) is 12.5. The fraction of sp³-hybridized carbons (Fsp3) is 0.316. The third-order valence-corrected chi connectivity index (χ3v) is 5.54. The Morgan fingerprint density at radius 1 is 1.31 bits per heavy atom. The van der Waals surface area contributed by atoms with E-state index < -0.39 is 0 Å². The molecule has 0 saturated heterocycles. The van der Waals surface area contributed by atoms with E-state index in [4.69, 9.17) is 9.47 Å². The summed E-state index contributed by atoms with van der Waals surface area (Å²) in [5.41, 5.74) is 3.39. The normalized spacial score (nSPS) is 15.2. The van der Waals surface area contributed by atoms with E-state index in [1.54, 1.807) is 18.2 Å². The highest BCUT2D eigenvalue weighted by Gasteiger charge is 2.22. The molecule has 1 aliphatic heterocycles. The van der Waals surface area contributed by atoms with Gasteiger partial charge in [0, 0.05) is 17.4 Å². The van der Waals surface area contributed by atoms with Gasteiger partial charge < -0.3 is 14.8 Å². The smallest absolute Gasteiger partial charge is 0.237 e. The molecule has 1 N–H and O–H groups in total. The van der Waals surface area contributed by atoms with Gasteiger partial charge in [0.1, 0.15) is 11.1 Å². The SMILES string of the molecule is CC(Sc1nc2c(cc1C#N)CCC2)C(=O)Nc1ccc2c(c1)OCO2. The van der Waals surface area contributed by atoms with Crippen molar-refractivity contribution in [3.05, 3.63) is 41.1 Å². The zero-order valence-electron chi connectivity index (χ0n) is 14.2. The number of thioether (sulfide) groups is 1. The third-order valence-electron chi connectivity index (χ3n) is 4.43. The lowest BCUT2D eigenvalue weighted by molar-refractivity contribution is -0.115. The second-order valence-electron chi connectivity index (χ2n) is 6.23. The Labute approximate surface area is 155 Å². The minimum absolute atomic E-state index is 0.153. The lowest BCUT2D eigenvalue weighted by Crippen LogP contribution is -2.22. The Balaban J connectivity index is 1.47. The zero-order chi connectivity index (χ0) is 18.1. The molecule has 2 aromatic rings. The molecule has 1 aromatic carbocycles. The van der Waals surface area contributed by atoms with Crippen molar-refractivity contribution in [2.45, 2.75) is 36.5 Å². The average Bonchev–Trinajstić information content (AvgIpc) is 3.28. The van der Waals surface area contributed by atoms with Crippen LogP contribution in [0.15, 0.2) is 29.3 Å². The molecule has 2 aliphatic rings. The third kappa shape index (κ3) is 3.20. The summed E-state index contributed by atoms with van der Waals surface area (Å²) in [7, 11) is 0. The number of anilines is 1. The molecule has 1 aromatic heterocycles. The monoisotopic (exact) mass is 367 g/mol. The number of benzene rings is 1. The van der Waals surface area contributed by atoms with Gasteiger partial charge in [0.25, 0.3) is 0 Å². The molecule has 7 heteroatoms. The van der Waals surface area contributed by atoms with Crippen LogP contribution >= 0.6 is 11.8 Å². The van der Waals surface area contributed by atoms with E-state index >= 15 is 0 Å². The fourth-order valence-corrected chi connectivity index (χ4v) is 3.96. The van der Waals surface area contributed by atoms with Crippen molar-refractivity contribution in [2.24, 2.45) is 0 Å². The number of aryl methyl sites for hydroxylation is 2. The summed E-state index contributed by atoms with van der Waals surface area (Å²) >= 11 is 1.31. The van der Waals surface area contributed by atoms with Gasteiger partial charge in [0.15, 0.2) is 11.5 Å². The molecule has 0 radical (unpaired) electrons. The number of nitriles is 1. The molecular weight excluding hydrogens is 350 g/mol. The Kier molecular flexibility index (Phi) is 4.43. The molecule has 26 heavy (non-hydrogen) atoms. The standard InChI is InChI=1S/C19H17N3O3S/c1-11(18(23)21-14-5-6-16-17(8-14)25-10-24-16)26-19-13(9-20)7-12-3-2-4-15(12)22-19/h5-8,11H,2-4,10H2,1H3,(H,21,23). The molecule has 0 fully saturated rings. The van der Waals surface area contributed by atoms with Gasteiger partial charge in [-0.3, -0.25) is 4.79 Å². The first-order valence-electron chi connectivity index (χ1n) is 8.44. The van der Waals surface area contributed by atoms with Crippen molar-refractivity contribution in [1.82, 2.24) is 4.98 Å². The molecule has 0 bridgehead atoms. The predicted molar refractivity (Wildman–Crippen MR) is 97.5 cm³/mol. The number of ether oxygens (including phenoxy) is 2. The van der Waals surface area contributed by atoms with Crippen LogP contribution in [0.4, 0.5) is 5.69 Å². The van der Waals surface area contributed by atoms with Crippen LogP contribution in [0.3, 0.4) is 0 Å². The second kappa shape index (κ2) is 6.89. The second-order valence-corrected chi connectivity index (χ2v) is 7.56. The number of hydrogen-bond acceptors (Lipinski definition) is 6. The van der Waals surface area contributed by atoms with Crippen molar-refractivity contribution in [1.29, 1.82) is 5.26 Å². The molecule has 0 saturated carbocycles. The molecule has 6 nitrogen and oxygen atoms in total. The van der Waals surface area contributed by atoms with E-state index in [0.29, 0.717) is 27.8 Å². The maximum atomic E-state index is 12.5. The molecular formula is C19H17N3O3S. The van der Waals surface area contributed by atoms with Crippen molar-refractivity contribution in [3.8, 4) is 17.6 Å². The molecule has 0 spiro atoms. The van der Waals surface area contributed by atoms with Gasteiger partial charge in [-0.15, -0.1) is 0 Å². The highest BCUT2D eigenvalue weighted by molar-refractivity contribution is 8.00. The minimum Gasteiger partial charge on any atom is -0.454 e. The molecule has 4 rings (SSSR count). The maximum absolute atomic E-state index is 12.5. The van der Waals surface area contributed by atoms with Gasteiger partial charge in [0.05, 0.1) is 10.8 Å². The topological polar surface area (TPSA) is 84.2 Å². The number of carbonyl (C=O) groups excluding carboxylic acids is 1. The van der Waals surface area contributed by atoms with Crippen LogP contribution in [0.25, 0.3) is 0 Å². The van der Waals surface area contributed by atoms with Crippen LogP contribution in [-0.4, -0.2) is 22.9 Å². The number of nitrogens with one attached hydrogen (secondary N) is 1. The van der Waals surface area contributed by atoms with E-state index in [1.165, 1.54) is 11.8 Å². The van der Waals surface area contributed by atoms with Crippen molar-refractivity contribution >= 4 is 23.4 Å². The van der Waals surface area contributed by atoms with Crippen LogP contribution in [0.1, 0.15) is 30.2 Å². The lowest BCUT2D eigenvalue weighted by Gasteiger charge is -2.13. The largest absolute Gasteiger partial charge is 0.454 e. The lowest BCUT2D eigenvalue weighted by atomic mass is 10.2. The molecule has 1 unspecified atom stereocenters. The summed E-state index contributed by atoms with van der Waals surface area (Å²) in [4.78, 5) is 17.2. The summed E-state index contributed by atoms with van der Waals surface area (Å²) in [6.45, 7) is 2.00. The Bertz CT molecular complexity index is 923. The summed E-state index contributed by atoms with van der Waals surface area (Å²) in [5.74, 6) is 1.14. The number of carbonyl (C=O) groups is 1. The number of amides is 1. The van der Waals surface area contributed by atoms with Gasteiger partial charge in [-0.1, -0.05) is 11.8 Å². The van der Waals surface area contributed by atoms with Crippen LogP contribution < -0.4 is 14.8 Å². The van der Waals surface area contributed by atoms with E-state index in [2.05, 4.69) is 16.4 Å². The average molecular weight is 367 g/mol. The van der Waals surface area contributed by atoms with E-state index in [0.717, 1.165) is 30.5 Å². The van der Waals surface area contributed by atoms with E-state index in [-0.39, 0.29) is 18.0 Å². The first kappa shape index (κ1) is 16.7. The van der Waals surface area contributed by atoms with Gasteiger partial charge in [-0.25, -0.2) is 4.98 Å². The van der Waals surface area contributed by atoms with Gasteiger partial charge in [0.2, 0.25) is 12.7 Å². The molecule has 1 amide bonds. The molecule has 132 valence electrons. The number of aromatic nitrogens is 1. The Hall–Kier alpha value is -2.72. The number of fused-ring (bicyclic) bond motifs is 2. The Morgan fingerprint density at radius 2 is 2.15 bits per heavy atom. The summed E-state index contributed by atoms with van der Waals surface area (Å²) < 4.78 is 10.6. The number of rotatable bonds is 4. The number of pyridine rings is 1. The first-order valence-corrected chi connectivity index (χ1v) is 9.32. The summed E-state index contributed by atoms with van der Waals surface area (Å²) in [6, 6.07) is 9.41. The predicted octanol–water partition coefficient (Wildman–Crippen LogP) is 3.29. The fourth-order valence-electron chi connectivity index (χ4n) is 3.06. The number of hydrogen-bond donors (Lipinski definition) is 1. The molecule has 1 atom stereocenters.